The van der Waals surface area contributed by atoms with E-state index in [4.69, 9.17) is 0 Å². The third-order valence-electron chi connectivity index (χ3n) is 11.7. The van der Waals surface area contributed by atoms with Crippen LogP contribution >= 0.6 is 0 Å². The van der Waals surface area contributed by atoms with Gasteiger partial charge in [0, 0.05) is 56.7 Å². The minimum absolute atomic E-state index is 0.0418. The molecule has 7 rings (SSSR count). The number of rotatable bonds is 9. The molecule has 1 spiro atoms. The number of hydrogen-bond donors (Lipinski definition) is 3. The first-order valence-electron chi connectivity index (χ1n) is 18.5. The van der Waals surface area contributed by atoms with Crippen LogP contribution in [-0.4, -0.2) is 83.2 Å². The summed E-state index contributed by atoms with van der Waals surface area (Å²) in [5, 5.41) is 9.24. The number of benzene rings is 2. The summed E-state index contributed by atoms with van der Waals surface area (Å²) in [5.41, 5.74) is 4.36. The number of likely N-dealkylation sites (tertiary alicyclic amines) is 2. The van der Waals surface area contributed by atoms with E-state index >= 15 is 0 Å². The van der Waals surface area contributed by atoms with E-state index in [1.807, 2.05) is 78.4 Å². The van der Waals surface area contributed by atoms with Crippen LogP contribution in [0.2, 0.25) is 0 Å². The monoisotopic (exact) mass is 691 g/mol. The van der Waals surface area contributed by atoms with Crippen LogP contribution in [0.1, 0.15) is 73.3 Å². The molecule has 11 heteroatoms. The fourth-order valence-electron chi connectivity index (χ4n) is 8.66. The van der Waals surface area contributed by atoms with Crippen molar-refractivity contribution >= 4 is 35.3 Å². The van der Waals surface area contributed by atoms with Crippen LogP contribution in [0, 0.1) is 5.41 Å². The highest BCUT2D eigenvalue weighted by atomic mass is 16.2. The minimum Gasteiger partial charge on any atom is -0.329 e. The summed E-state index contributed by atoms with van der Waals surface area (Å²) in [6.45, 7) is 5.55. The Hall–Kier alpha value is -4.77. The molecule has 4 aliphatic rings. The average Bonchev–Trinajstić information content (AvgIpc) is 3.68. The van der Waals surface area contributed by atoms with Gasteiger partial charge in [-0.1, -0.05) is 43.3 Å². The topological polar surface area (TPSA) is 127 Å². The Kier molecular flexibility index (Phi) is 9.83. The van der Waals surface area contributed by atoms with Gasteiger partial charge in [-0.3, -0.25) is 14.4 Å². The maximum Gasteiger partial charge on any atom is 0.319 e. The Balaban J connectivity index is 1.08. The molecule has 3 aromatic rings. The van der Waals surface area contributed by atoms with Gasteiger partial charge in [0.15, 0.2) is 0 Å². The van der Waals surface area contributed by atoms with Crippen molar-refractivity contribution in [1.29, 1.82) is 0 Å². The second-order valence-electron chi connectivity index (χ2n) is 14.7. The lowest BCUT2D eigenvalue weighted by atomic mass is 9.74. The Morgan fingerprint density at radius 1 is 0.902 bits per heavy atom. The molecule has 1 atom stereocenters. The van der Waals surface area contributed by atoms with Crippen LogP contribution in [0.5, 0.6) is 0 Å². The van der Waals surface area contributed by atoms with Crippen molar-refractivity contribution in [2.45, 2.75) is 76.8 Å². The maximum atomic E-state index is 14.7. The number of anilines is 2. The summed E-state index contributed by atoms with van der Waals surface area (Å²) in [5.74, 6) is 0.255. The van der Waals surface area contributed by atoms with Crippen molar-refractivity contribution in [2.24, 2.45) is 5.41 Å². The van der Waals surface area contributed by atoms with E-state index in [1.54, 1.807) is 11.1 Å². The van der Waals surface area contributed by atoms with Gasteiger partial charge in [-0.05, 0) is 98.9 Å². The highest BCUT2D eigenvalue weighted by Crippen LogP contribution is 2.47. The van der Waals surface area contributed by atoms with E-state index in [9.17, 15) is 19.2 Å². The van der Waals surface area contributed by atoms with Crippen molar-refractivity contribution in [3.05, 3.63) is 88.6 Å². The van der Waals surface area contributed by atoms with Gasteiger partial charge in [-0.2, -0.15) is 0 Å². The molecule has 5 amide bonds. The van der Waals surface area contributed by atoms with Crippen molar-refractivity contribution in [3.8, 4) is 0 Å². The average molecular weight is 692 g/mol. The molecule has 2 saturated heterocycles. The van der Waals surface area contributed by atoms with Gasteiger partial charge in [0.05, 0.1) is 10.8 Å². The second-order valence-corrected chi connectivity index (χ2v) is 14.7. The SMILES string of the molecule is CCC1(C(=O)N(CC(=O)Nc2ccc3c(c2)C[C@@]2(C3)C(=O)Nc3ncccc32)Cc2ccccc2CNC)CCN(C(=O)N2CCCCC2)CC1. The number of nitrogens with zero attached hydrogens (tertiary/aromatic N) is 4. The summed E-state index contributed by atoms with van der Waals surface area (Å²) in [6.07, 6.45) is 7.80. The maximum absolute atomic E-state index is 14.7. The number of amides is 5. The van der Waals surface area contributed by atoms with Crippen LogP contribution in [0.25, 0.3) is 0 Å². The molecule has 0 unspecified atom stereocenters. The molecular formula is C40H49N7O4. The molecule has 2 fully saturated rings. The first kappa shape index (κ1) is 34.7. The van der Waals surface area contributed by atoms with Gasteiger partial charge in [-0.15, -0.1) is 0 Å². The molecule has 4 heterocycles. The Morgan fingerprint density at radius 2 is 1.63 bits per heavy atom. The summed E-state index contributed by atoms with van der Waals surface area (Å²) >= 11 is 0. The minimum atomic E-state index is -0.693. The molecule has 0 radical (unpaired) electrons. The first-order valence-corrected chi connectivity index (χ1v) is 18.5. The quantitative estimate of drug-likeness (QED) is 0.295. The zero-order chi connectivity index (χ0) is 35.6. The smallest absolute Gasteiger partial charge is 0.319 e. The van der Waals surface area contributed by atoms with E-state index in [0.29, 0.717) is 69.8 Å². The lowest BCUT2D eigenvalue weighted by molar-refractivity contribution is -0.147. The van der Waals surface area contributed by atoms with Crippen LogP contribution in [0.15, 0.2) is 60.8 Å². The molecule has 3 N–H and O–H groups in total. The van der Waals surface area contributed by atoms with Gasteiger partial charge in [0.2, 0.25) is 17.7 Å². The largest absolute Gasteiger partial charge is 0.329 e. The highest BCUT2D eigenvalue weighted by molar-refractivity contribution is 6.06. The van der Waals surface area contributed by atoms with Crippen LogP contribution in [0.3, 0.4) is 0 Å². The lowest BCUT2D eigenvalue weighted by Gasteiger charge is -2.44. The fraction of sp³-hybridized carbons (Fsp3) is 0.475. The third-order valence-corrected chi connectivity index (χ3v) is 11.7. The molecule has 51 heavy (non-hydrogen) atoms. The molecule has 1 aliphatic carbocycles. The number of piperidine rings is 2. The number of hydrogen-bond acceptors (Lipinski definition) is 6. The van der Waals surface area contributed by atoms with Crippen molar-refractivity contribution in [1.82, 2.24) is 25.0 Å². The van der Waals surface area contributed by atoms with Crippen LogP contribution < -0.4 is 16.0 Å². The zero-order valence-electron chi connectivity index (χ0n) is 29.8. The zero-order valence-corrected chi connectivity index (χ0v) is 29.8. The summed E-state index contributed by atoms with van der Waals surface area (Å²) < 4.78 is 0. The Bertz CT molecular complexity index is 1810. The van der Waals surface area contributed by atoms with Gasteiger partial charge < -0.3 is 30.7 Å². The standard InChI is InChI=1S/C40H49N7O4/c1-3-39(15-20-46(21-16-39)38(51)45-18-7-4-8-19-45)37(50)47(26-30-11-6-5-10-29(30)25-41-2)27-34(48)43-32-14-13-28-23-40(24-31(28)22-32)33-12-9-17-42-35(33)44-36(40)49/h5-6,9-14,17,22,41H,3-4,7-8,15-16,18-21,23-27H2,1-2H3,(H,43,48)(H,42,44,49)/t40-/m1/s1. The normalized spacial score (nSPS) is 20.5. The Labute approximate surface area is 300 Å². The molecule has 0 bridgehead atoms. The van der Waals surface area contributed by atoms with Gasteiger partial charge in [-0.25, -0.2) is 9.78 Å². The predicted octanol–water partition coefficient (Wildman–Crippen LogP) is 4.86. The number of aromatic nitrogens is 1. The van der Waals surface area contributed by atoms with Crippen LogP contribution in [-0.2, 0) is 45.7 Å². The predicted molar refractivity (Wildman–Crippen MR) is 196 cm³/mol. The Morgan fingerprint density at radius 3 is 2.37 bits per heavy atom. The first-order chi connectivity index (χ1) is 24.7. The van der Waals surface area contributed by atoms with E-state index in [0.717, 1.165) is 60.2 Å². The van der Waals surface area contributed by atoms with Crippen LogP contribution in [0.4, 0.5) is 16.3 Å². The molecule has 268 valence electrons. The lowest BCUT2D eigenvalue weighted by Crippen LogP contribution is -2.54. The molecule has 1 aromatic heterocycles. The number of pyridine rings is 1. The number of carbonyl (C=O) groups is 4. The van der Waals surface area contributed by atoms with Gasteiger partial charge in [0.25, 0.3) is 0 Å². The molecule has 2 aromatic carbocycles. The second kappa shape index (κ2) is 14.5. The third kappa shape index (κ3) is 6.71. The van der Waals surface area contributed by atoms with E-state index in [1.165, 1.54) is 0 Å². The number of fused-ring (bicyclic) bond motifs is 3. The van der Waals surface area contributed by atoms with Crippen molar-refractivity contribution < 1.29 is 19.2 Å². The molecular weight excluding hydrogens is 642 g/mol. The highest BCUT2D eigenvalue weighted by Gasteiger charge is 2.51. The summed E-state index contributed by atoms with van der Waals surface area (Å²) in [7, 11) is 1.89. The van der Waals surface area contributed by atoms with E-state index in [-0.39, 0.29) is 30.3 Å². The van der Waals surface area contributed by atoms with E-state index in [2.05, 4.69) is 20.9 Å². The van der Waals surface area contributed by atoms with E-state index < -0.39 is 10.8 Å². The fourth-order valence-corrected chi connectivity index (χ4v) is 8.66. The van der Waals surface area contributed by atoms with Gasteiger partial charge >= 0.3 is 6.03 Å². The molecule has 0 saturated carbocycles. The number of nitrogens with one attached hydrogen (secondary N) is 3. The summed E-state index contributed by atoms with van der Waals surface area (Å²) in [6, 6.07) is 17.8. The number of urea groups is 1. The van der Waals surface area contributed by atoms with Crippen molar-refractivity contribution in [3.63, 3.8) is 0 Å². The summed E-state index contributed by atoms with van der Waals surface area (Å²) in [4.78, 5) is 65.0. The van der Waals surface area contributed by atoms with Crippen molar-refractivity contribution in [2.75, 3.05) is 50.4 Å². The molecule has 3 aliphatic heterocycles. The number of carbonyl (C=O) groups excluding carboxylic acids is 4. The molecule has 11 nitrogen and oxygen atoms in total. The van der Waals surface area contributed by atoms with Gasteiger partial charge in [0.1, 0.15) is 12.4 Å².